The van der Waals surface area contributed by atoms with Crippen molar-refractivity contribution in [2.24, 2.45) is 0 Å². The number of dihydropyridines is 1. The van der Waals surface area contributed by atoms with Gasteiger partial charge in [-0.2, -0.15) is 18.4 Å². The van der Waals surface area contributed by atoms with Crippen LogP contribution in [0.3, 0.4) is 0 Å². The van der Waals surface area contributed by atoms with Gasteiger partial charge in [-0.05, 0) is 50.3 Å². The molecule has 12 heteroatoms. The molecule has 3 rings (SSSR count). The summed E-state index contributed by atoms with van der Waals surface area (Å²) in [5.74, 6) is -2.16. The number of rotatable bonds is 3. The molecule has 2 aliphatic rings. The number of hydrogen-bond donors (Lipinski definition) is 2. The zero-order valence-electron chi connectivity index (χ0n) is 17.0. The summed E-state index contributed by atoms with van der Waals surface area (Å²) < 4.78 is 54.7. The Morgan fingerprint density at radius 1 is 1.34 bits per heavy atom. The fourth-order valence-electron chi connectivity index (χ4n) is 3.44. The molecule has 2 heterocycles. The summed E-state index contributed by atoms with van der Waals surface area (Å²) in [5, 5.41) is 13.4. The molecule has 2 amide bonds. The van der Waals surface area contributed by atoms with Crippen molar-refractivity contribution in [2.75, 3.05) is 11.9 Å². The largest absolute Gasteiger partial charge is 0.415 e. The summed E-state index contributed by atoms with van der Waals surface area (Å²) in [5.41, 5.74) is -2.85. The molecule has 7 nitrogen and oxygen atoms in total. The Hall–Kier alpha value is -3.46. The quantitative estimate of drug-likeness (QED) is 0.525. The highest BCUT2D eigenvalue weighted by molar-refractivity contribution is 7.80. The highest BCUT2D eigenvalue weighted by atomic mass is 32.1. The molecule has 1 atom stereocenters. The van der Waals surface area contributed by atoms with Crippen molar-refractivity contribution in [1.82, 2.24) is 15.5 Å². The average Bonchev–Trinajstić information content (AvgIpc) is 2.90. The maximum Gasteiger partial charge on any atom is 0.415 e. The van der Waals surface area contributed by atoms with Crippen LogP contribution in [0.5, 0.6) is 0 Å². The van der Waals surface area contributed by atoms with Gasteiger partial charge in [-0.15, -0.1) is 0 Å². The second-order valence-corrected chi connectivity index (χ2v) is 7.82. The molecule has 1 aromatic carbocycles. The zero-order valence-corrected chi connectivity index (χ0v) is 17.9. The molecule has 0 aromatic heterocycles. The first-order chi connectivity index (χ1) is 14.8. The normalized spacial score (nSPS) is 20.4. The molecule has 1 unspecified atom stereocenters. The third-order valence-corrected chi connectivity index (χ3v) is 5.44. The van der Waals surface area contributed by atoms with Gasteiger partial charge >= 0.3 is 6.18 Å². The van der Waals surface area contributed by atoms with Crippen LogP contribution < -0.4 is 15.5 Å². The van der Waals surface area contributed by atoms with Crippen molar-refractivity contribution >= 4 is 34.8 Å². The van der Waals surface area contributed by atoms with Crippen LogP contribution in [-0.4, -0.2) is 46.6 Å². The van der Waals surface area contributed by atoms with E-state index in [0.29, 0.717) is 6.08 Å². The van der Waals surface area contributed by atoms with E-state index in [1.165, 1.54) is 44.0 Å². The Morgan fingerprint density at radius 3 is 2.53 bits per heavy atom. The van der Waals surface area contributed by atoms with Crippen LogP contribution in [0.15, 0.2) is 41.7 Å². The molecular weight excluding hydrogens is 450 g/mol. The molecule has 0 radical (unpaired) electrons. The maximum atomic E-state index is 14.5. The van der Waals surface area contributed by atoms with E-state index >= 15 is 0 Å². The lowest BCUT2D eigenvalue weighted by Gasteiger charge is -2.29. The predicted molar refractivity (Wildman–Crippen MR) is 111 cm³/mol. The number of nitrogens with zero attached hydrogens (tertiary/aromatic N) is 3. The Labute approximate surface area is 186 Å². The first-order valence-electron chi connectivity index (χ1n) is 9.19. The molecule has 2 N–H and O–H groups in total. The van der Waals surface area contributed by atoms with E-state index in [0.717, 1.165) is 17.2 Å². The van der Waals surface area contributed by atoms with Gasteiger partial charge in [0.2, 0.25) is 0 Å². The number of carbonyl (C=O) groups excluding carboxylic acids is 2. The molecule has 1 aromatic rings. The standard InChI is InChI=1S/C20H17F4N5O2S/c1-19(2)17(31)28(11-6-13(20(22,23)24)15(8-25)27-9-11)18(32)29(19)10-4-5-12(14(21)7-10)16(30)26-3/h4-7,9,15,27H,1-3H3,(H,26,30). The van der Waals surface area contributed by atoms with Gasteiger partial charge in [0.25, 0.3) is 11.8 Å². The number of halogens is 4. The minimum atomic E-state index is -4.81. The van der Waals surface area contributed by atoms with E-state index in [-0.39, 0.29) is 22.1 Å². The highest BCUT2D eigenvalue weighted by Crippen LogP contribution is 2.38. The lowest BCUT2D eigenvalue weighted by Crippen LogP contribution is -2.44. The number of carbonyl (C=O) groups is 2. The van der Waals surface area contributed by atoms with Crippen LogP contribution in [0.1, 0.15) is 24.2 Å². The van der Waals surface area contributed by atoms with Crippen LogP contribution in [-0.2, 0) is 4.79 Å². The summed E-state index contributed by atoms with van der Waals surface area (Å²) in [6.07, 6.45) is -3.03. The number of thiocarbonyl (C=S) groups is 1. The number of amides is 2. The van der Waals surface area contributed by atoms with Crippen molar-refractivity contribution in [2.45, 2.75) is 31.6 Å². The molecule has 1 saturated heterocycles. The topological polar surface area (TPSA) is 88.5 Å². The number of nitrogens with one attached hydrogen (secondary N) is 2. The number of allylic oxidation sites excluding steroid dienone is 1. The van der Waals surface area contributed by atoms with Gasteiger partial charge in [0, 0.05) is 18.9 Å². The predicted octanol–water partition coefficient (Wildman–Crippen LogP) is 2.72. The van der Waals surface area contributed by atoms with Gasteiger partial charge in [0.05, 0.1) is 22.9 Å². The lowest BCUT2D eigenvalue weighted by molar-refractivity contribution is -0.128. The molecule has 0 aliphatic carbocycles. The van der Waals surface area contributed by atoms with E-state index in [1.54, 1.807) is 0 Å². The number of benzene rings is 1. The van der Waals surface area contributed by atoms with Crippen molar-refractivity contribution < 1.29 is 27.2 Å². The zero-order chi connectivity index (χ0) is 24.0. The van der Waals surface area contributed by atoms with Crippen LogP contribution >= 0.6 is 12.2 Å². The molecule has 0 saturated carbocycles. The van der Waals surface area contributed by atoms with Gasteiger partial charge < -0.3 is 15.5 Å². The molecule has 168 valence electrons. The maximum absolute atomic E-state index is 14.5. The van der Waals surface area contributed by atoms with Crippen molar-refractivity contribution in [3.05, 3.63) is 53.1 Å². The molecular formula is C20H17F4N5O2S. The molecule has 0 bridgehead atoms. The Balaban J connectivity index is 2.04. The van der Waals surface area contributed by atoms with E-state index < -0.39 is 41.0 Å². The molecule has 2 aliphatic heterocycles. The van der Waals surface area contributed by atoms with Crippen molar-refractivity contribution in [3.63, 3.8) is 0 Å². The summed E-state index contributed by atoms with van der Waals surface area (Å²) in [6, 6.07) is 3.49. The lowest BCUT2D eigenvalue weighted by atomic mass is 10.0. The van der Waals surface area contributed by atoms with Gasteiger partial charge in [0.1, 0.15) is 17.4 Å². The van der Waals surface area contributed by atoms with Crippen molar-refractivity contribution in [1.29, 1.82) is 5.26 Å². The highest BCUT2D eigenvalue weighted by Gasteiger charge is 2.52. The number of anilines is 1. The first kappa shape index (κ1) is 23.2. The number of hydrogen-bond acceptors (Lipinski definition) is 5. The number of nitriles is 1. The molecule has 32 heavy (non-hydrogen) atoms. The van der Waals surface area contributed by atoms with E-state index in [2.05, 4.69) is 10.6 Å². The summed E-state index contributed by atoms with van der Waals surface area (Å²) in [4.78, 5) is 27.1. The van der Waals surface area contributed by atoms with Crippen LogP contribution in [0.2, 0.25) is 0 Å². The fourth-order valence-corrected chi connectivity index (χ4v) is 3.96. The van der Waals surface area contributed by atoms with E-state index in [1.807, 2.05) is 0 Å². The monoisotopic (exact) mass is 467 g/mol. The van der Waals surface area contributed by atoms with Crippen LogP contribution in [0.4, 0.5) is 23.2 Å². The SMILES string of the molecule is CNC(=O)c1ccc(N2C(=S)N(C3=CNC(C#N)C(C(F)(F)F)=C3)C(=O)C2(C)C)cc1F. The van der Waals surface area contributed by atoms with Crippen LogP contribution in [0, 0.1) is 17.1 Å². The Kier molecular flexibility index (Phi) is 5.73. The summed E-state index contributed by atoms with van der Waals surface area (Å²) in [7, 11) is 1.34. The van der Waals surface area contributed by atoms with Gasteiger partial charge in [0.15, 0.2) is 5.11 Å². The van der Waals surface area contributed by atoms with E-state index in [4.69, 9.17) is 17.5 Å². The molecule has 0 spiro atoms. The smallest absolute Gasteiger partial charge is 0.370 e. The minimum absolute atomic E-state index is 0.139. The minimum Gasteiger partial charge on any atom is -0.370 e. The summed E-state index contributed by atoms with van der Waals surface area (Å²) >= 11 is 5.38. The van der Waals surface area contributed by atoms with Gasteiger partial charge in [-0.1, -0.05) is 0 Å². The average molecular weight is 467 g/mol. The second-order valence-electron chi connectivity index (χ2n) is 7.46. The van der Waals surface area contributed by atoms with Crippen molar-refractivity contribution in [3.8, 4) is 6.07 Å². The number of alkyl halides is 3. The molecule has 1 fully saturated rings. The third kappa shape index (κ3) is 3.69. The third-order valence-electron chi connectivity index (χ3n) is 5.08. The Bertz CT molecular complexity index is 1120. The van der Waals surface area contributed by atoms with Gasteiger partial charge in [-0.3, -0.25) is 14.5 Å². The van der Waals surface area contributed by atoms with Crippen LogP contribution in [0.25, 0.3) is 0 Å². The van der Waals surface area contributed by atoms with Gasteiger partial charge in [-0.25, -0.2) is 4.39 Å². The summed E-state index contributed by atoms with van der Waals surface area (Å²) in [6.45, 7) is 2.96. The Morgan fingerprint density at radius 2 is 2.00 bits per heavy atom. The second kappa shape index (κ2) is 7.90. The first-order valence-corrected chi connectivity index (χ1v) is 9.60. The fraction of sp³-hybridized carbons (Fsp3) is 0.300. The van der Waals surface area contributed by atoms with E-state index in [9.17, 15) is 27.2 Å².